The third-order valence-electron chi connectivity index (χ3n) is 2.79. The van der Waals surface area contributed by atoms with Crippen LogP contribution >= 0.6 is 23.2 Å². The van der Waals surface area contributed by atoms with Crippen LogP contribution in [0.2, 0.25) is 10.0 Å². The van der Waals surface area contributed by atoms with Crippen molar-refractivity contribution in [3.63, 3.8) is 0 Å². The number of rotatable bonds is 6. The van der Waals surface area contributed by atoms with Gasteiger partial charge in [0.05, 0.1) is 10.7 Å². The number of halogens is 2. The molecular weight excluding hydrogens is 313 g/mol. The molecule has 1 aromatic rings. The van der Waals surface area contributed by atoms with Gasteiger partial charge in [0.25, 0.3) is 5.91 Å². The Morgan fingerprint density at radius 3 is 2.52 bits per heavy atom. The molecule has 0 saturated heterocycles. The highest BCUT2D eigenvalue weighted by molar-refractivity contribution is 6.35. The first-order valence-electron chi connectivity index (χ1n) is 6.75. The van der Waals surface area contributed by atoms with E-state index in [-0.39, 0.29) is 5.97 Å². The molecule has 0 aliphatic carbocycles. The second-order valence-corrected chi connectivity index (χ2v) is 6.02. The fraction of sp³-hybridized carbons (Fsp3) is 0.467. The highest BCUT2D eigenvalue weighted by Crippen LogP contribution is 2.25. The Kier molecular flexibility index (Phi) is 6.99. The van der Waals surface area contributed by atoms with Crippen molar-refractivity contribution in [2.24, 2.45) is 5.92 Å². The van der Waals surface area contributed by atoms with Gasteiger partial charge in [-0.05, 0) is 37.5 Å². The summed E-state index contributed by atoms with van der Waals surface area (Å²) in [4.78, 5) is 23.5. The number of benzene rings is 1. The van der Waals surface area contributed by atoms with Gasteiger partial charge in [0.1, 0.15) is 0 Å². The fourth-order valence-corrected chi connectivity index (χ4v) is 1.88. The van der Waals surface area contributed by atoms with E-state index in [2.05, 4.69) is 5.32 Å². The zero-order chi connectivity index (χ0) is 16.0. The number of hydrogen-bond acceptors (Lipinski definition) is 3. The van der Waals surface area contributed by atoms with E-state index in [9.17, 15) is 9.59 Å². The molecule has 1 atom stereocenters. The van der Waals surface area contributed by atoms with Crippen molar-refractivity contribution in [1.82, 2.24) is 0 Å². The Labute approximate surface area is 134 Å². The molecule has 0 aliphatic heterocycles. The summed E-state index contributed by atoms with van der Waals surface area (Å²) < 4.78 is 5.08. The summed E-state index contributed by atoms with van der Waals surface area (Å²) in [7, 11) is 0. The van der Waals surface area contributed by atoms with Gasteiger partial charge in [0, 0.05) is 11.4 Å². The molecule has 0 unspecified atom stereocenters. The molecule has 0 spiro atoms. The number of carbonyl (C=O) groups is 2. The van der Waals surface area contributed by atoms with E-state index in [1.165, 1.54) is 13.0 Å². The van der Waals surface area contributed by atoms with Gasteiger partial charge in [0.15, 0.2) is 6.10 Å². The van der Waals surface area contributed by atoms with Crippen LogP contribution in [0.4, 0.5) is 5.69 Å². The molecular formula is C15H19Cl2NO3. The Morgan fingerprint density at radius 2 is 1.90 bits per heavy atom. The maximum atomic E-state index is 12.0. The topological polar surface area (TPSA) is 55.4 Å². The van der Waals surface area contributed by atoms with Gasteiger partial charge in [-0.2, -0.15) is 0 Å². The van der Waals surface area contributed by atoms with Crippen molar-refractivity contribution in [2.45, 2.75) is 39.7 Å². The standard InChI is InChI=1S/C15H19Cl2NO3/c1-9(2)4-7-14(19)21-10(3)15(20)18-13-8-11(16)5-6-12(13)17/h5-6,8-10H,4,7H2,1-3H3,(H,18,20)/t10-/m1/s1. The quantitative estimate of drug-likeness (QED) is 0.790. The molecule has 1 amide bonds. The number of hydrogen-bond donors (Lipinski definition) is 1. The number of anilines is 1. The van der Waals surface area contributed by atoms with Gasteiger partial charge >= 0.3 is 5.97 Å². The van der Waals surface area contributed by atoms with Gasteiger partial charge in [-0.15, -0.1) is 0 Å². The second kappa shape index (κ2) is 8.25. The van der Waals surface area contributed by atoms with Gasteiger partial charge in [-0.3, -0.25) is 9.59 Å². The van der Waals surface area contributed by atoms with E-state index in [1.807, 2.05) is 13.8 Å². The lowest BCUT2D eigenvalue weighted by Gasteiger charge is -2.14. The lowest BCUT2D eigenvalue weighted by molar-refractivity contribution is -0.153. The summed E-state index contributed by atoms with van der Waals surface area (Å²) in [5.41, 5.74) is 0.388. The predicted octanol–water partition coefficient (Wildman–Crippen LogP) is 4.30. The molecule has 0 radical (unpaired) electrons. The molecule has 0 saturated carbocycles. The lowest BCUT2D eigenvalue weighted by atomic mass is 10.1. The van der Waals surface area contributed by atoms with Crippen molar-refractivity contribution in [1.29, 1.82) is 0 Å². The minimum Gasteiger partial charge on any atom is -0.453 e. The molecule has 0 aromatic heterocycles. The number of nitrogens with one attached hydrogen (secondary N) is 1. The first-order chi connectivity index (χ1) is 9.79. The summed E-state index contributed by atoms with van der Waals surface area (Å²) in [5.74, 6) is -0.424. The minimum atomic E-state index is -0.889. The van der Waals surface area contributed by atoms with Crippen LogP contribution in [-0.4, -0.2) is 18.0 Å². The predicted molar refractivity (Wildman–Crippen MR) is 84.7 cm³/mol. The Hall–Kier alpha value is -1.26. The average Bonchev–Trinajstić information content (AvgIpc) is 2.40. The lowest BCUT2D eigenvalue weighted by Crippen LogP contribution is -2.30. The fourth-order valence-electron chi connectivity index (χ4n) is 1.54. The summed E-state index contributed by atoms with van der Waals surface area (Å²) in [5, 5.41) is 3.41. The van der Waals surface area contributed by atoms with Crippen LogP contribution in [0.15, 0.2) is 18.2 Å². The van der Waals surface area contributed by atoms with Gasteiger partial charge in [-0.25, -0.2) is 0 Å². The first-order valence-corrected chi connectivity index (χ1v) is 7.50. The molecule has 4 nitrogen and oxygen atoms in total. The van der Waals surface area contributed by atoms with E-state index < -0.39 is 12.0 Å². The van der Waals surface area contributed by atoms with Gasteiger partial charge < -0.3 is 10.1 Å². The molecule has 21 heavy (non-hydrogen) atoms. The molecule has 0 heterocycles. The Bertz CT molecular complexity index is 518. The van der Waals surface area contributed by atoms with E-state index in [0.29, 0.717) is 28.1 Å². The molecule has 6 heteroatoms. The summed E-state index contributed by atoms with van der Waals surface area (Å²) in [6.45, 7) is 5.55. The van der Waals surface area contributed by atoms with Crippen LogP contribution in [0.5, 0.6) is 0 Å². The molecule has 116 valence electrons. The molecule has 1 rings (SSSR count). The van der Waals surface area contributed by atoms with Crippen molar-refractivity contribution in [3.8, 4) is 0 Å². The highest BCUT2D eigenvalue weighted by atomic mass is 35.5. The molecule has 0 fully saturated rings. The van der Waals surface area contributed by atoms with Crippen molar-refractivity contribution < 1.29 is 14.3 Å². The Morgan fingerprint density at radius 1 is 1.24 bits per heavy atom. The van der Waals surface area contributed by atoms with Crippen LogP contribution < -0.4 is 5.32 Å². The third-order valence-corrected chi connectivity index (χ3v) is 3.35. The zero-order valence-corrected chi connectivity index (χ0v) is 13.8. The van der Waals surface area contributed by atoms with Crippen molar-refractivity contribution in [3.05, 3.63) is 28.2 Å². The maximum Gasteiger partial charge on any atom is 0.306 e. The summed E-state index contributed by atoms with van der Waals surface area (Å²) in [6, 6.07) is 4.74. The number of amides is 1. The van der Waals surface area contributed by atoms with Crippen LogP contribution in [-0.2, 0) is 14.3 Å². The van der Waals surface area contributed by atoms with Gasteiger partial charge in [0.2, 0.25) is 0 Å². The summed E-state index contributed by atoms with van der Waals surface area (Å²) in [6.07, 6.45) is 0.139. The van der Waals surface area contributed by atoms with Crippen molar-refractivity contribution in [2.75, 3.05) is 5.32 Å². The Balaban J connectivity index is 2.54. The number of ether oxygens (including phenoxy) is 1. The zero-order valence-electron chi connectivity index (χ0n) is 12.3. The number of esters is 1. The third kappa shape index (κ3) is 6.36. The van der Waals surface area contributed by atoms with E-state index >= 15 is 0 Å². The van der Waals surface area contributed by atoms with E-state index in [4.69, 9.17) is 27.9 Å². The van der Waals surface area contributed by atoms with E-state index in [0.717, 1.165) is 6.42 Å². The largest absolute Gasteiger partial charge is 0.453 e. The van der Waals surface area contributed by atoms with Crippen LogP contribution in [0.1, 0.15) is 33.6 Å². The van der Waals surface area contributed by atoms with Crippen LogP contribution in [0.3, 0.4) is 0 Å². The highest BCUT2D eigenvalue weighted by Gasteiger charge is 2.19. The number of carbonyl (C=O) groups excluding carboxylic acids is 2. The molecule has 1 N–H and O–H groups in total. The first kappa shape index (κ1) is 17.8. The van der Waals surface area contributed by atoms with Crippen LogP contribution in [0, 0.1) is 5.92 Å². The van der Waals surface area contributed by atoms with Gasteiger partial charge in [-0.1, -0.05) is 37.0 Å². The molecule has 0 aliphatic rings. The monoisotopic (exact) mass is 331 g/mol. The minimum absolute atomic E-state index is 0.299. The maximum absolute atomic E-state index is 12.0. The average molecular weight is 332 g/mol. The second-order valence-electron chi connectivity index (χ2n) is 5.18. The summed E-state index contributed by atoms with van der Waals surface area (Å²) >= 11 is 11.8. The normalized spacial score (nSPS) is 12.1. The van der Waals surface area contributed by atoms with Crippen LogP contribution in [0.25, 0.3) is 0 Å². The van der Waals surface area contributed by atoms with E-state index in [1.54, 1.807) is 12.1 Å². The SMILES string of the molecule is CC(C)CCC(=O)O[C@H](C)C(=O)Nc1cc(Cl)ccc1Cl. The molecule has 0 bridgehead atoms. The van der Waals surface area contributed by atoms with Crippen molar-refractivity contribution >= 4 is 40.8 Å². The molecule has 1 aromatic carbocycles. The smallest absolute Gasteiger partial charge is 0.306 e.